The quantitative estimate of drug-likeness (QED) is 0.209. The number of benzene rings is 3. The highest BCUT2D eigenvalue weighted by molar-refractivity contribution is 9.10. The summed E-state index contributed by atoms with van der Waals surface area (Å²) in [4.78, 5) is 25.0. The van der Waals surface area contributed by atoms with Crippen LogP contribution in [-0.4, -0.2) is 25.0 Å². The number of alkyl halides is 3. The number of anilines is 2. The van der Waals surface area contributed by atoms with Crippen molar-refractivity contribution in [3.05, 3.63) is 87.4 Å². The maximum atomic E-state index is 13.0. The summed E-state index contributed by atoms with van der Waals surface area (Å²) in [5, 5.41) is 14.6. The Kier molecular flexibility index (Phi) is 9.73. The van der Waals surface area contributed by atoms with Gasteiger partial charge in [0.15, 0.2) is 18.1 Å². The SMILES string of the molecule is CCOc1cc(/C=C(\C#N)C(=O)Nc2cccc(C(F)(F)F)c2)cc(Br)c1OCC(=O)Nc1ccc(C)cc1. The number of nitriles is 1. The number of nitrogens with one attached hydrogen (secondary N) is 2. The fourth-order valence-electron chi connectivity index (χ4n) is 3.33. The van der Waals surface area contributed by atoms with Crippen molar-refractivity contribution >= 4 is 45.2 Å². The average Bonchev–Trinajstić information content (AvgIpc) is 2.88. The molecule has 0 unspecified atom stereocenters. The van der Waals surface area contributed by atoms with Gasteiger partial charge in [-0.1, -0.05) is 23.8 Å². The van der Waals surface area contributed by atoms with Crippen LogP contribution >= 0.6 is 15.9 Å². The van der Waals surface area contributed by atoms with Gasteiger partial charge in [-0.2, -0.15) is 18.4 Å². The Morgan fingerprint density at radius 1 is 1.03 bits per heavy atom. The number of amides is 2. The Morgan fingerprint density at radius 3 is 2.38 bits per heavy atom. The molecule has 39 heavy (non-hydrogen) atoms. The largest absolute Gasteiger partial charge is 0.490 e. The van der Waals surface area contributed by atoms with Crippen molar-refractivity contribution in [1.29, 1.82) is 5.26 Å². The lowest BCUT2D eigenvalue weighted by Crippen LogP contribution is -2.20. The van der Waals surface area contributed by atoms with Gasteiger partial charge in [0.05, 0.1) is 16.6 Å². The van der Waals surface area contributed by atoms with Crippen LogP contribution in [0.2, 0.25) is 0 Å². The summed E-state index contributed by atoms with van der Waals surface area (Å²) in [5.74, 6) is -0.800. The monoisotopic (exact) mass is 601 g/mol. The van der Waals surface area contributed by atoms with Crippen LogP contribution in [0.1, 0.15) is 23.6 Å². The highest BCUT2D eigenvalue weighted by atomic mass is 79.9. The maximum Gasteiger partial charge on any atom is 0.416 e. The molecule has 0 aliphatic heterocycles. The second-order valence-electron chi connectivity index (χ2n) is 8.17. The number of halogens is 4. The molecule has 0 saturated carbocycles. The highest BCUT2D eigenvalue weighted by Gasteiger charge is 2.30. The highest BCUT2D eigenvalue weighted by Crippen LogP contribution is 2.38. The smallest absolute Gasteiger partial charge is 0.416 e. The summed E-state index contributed by atoms with van der Waals surface area (Å²) >= 11 is 3.37. The molecule has 0 atom stereocenters. The van der Waals surface area contributed by atoms with Gasteiger partial charge in [-0.05, 0) is 83.9 Å². The number of rotatable bonds is 9. The van der Waals surface area contributed by atoms with E-state index >= 15 is 0 Å². The molecule has 0 fully saturated rings. The van der Waals surface area contributed by atoms with E-state index in [4.69, 9.17) is 9.47 Å². The van der Waals surface area contributed by atoms with Crippen LogP contribution in [0.5, 0.6) is 11.5 Å². The standard InChI is InChI=1S/C28H23BrF3N3O4/c1-3-38-24-13-18(11-19(15-33)27(37)35-22-6-4-5-20(14-22)28(30,31)32)12-23(29)26(24)39-16-25(36)34-21-9-7-17(2)8-10-21/h4-14H,3,16H2,1-2H3,(H,34,36)(H,35,37)/b19-11+. The average molecular weight is 602 g/mol. The van der Waals surface area contributed by atoms with Crippen molar-refractivity contribution in [1.82, 2.24) is 0 Å². The van der Waals surface area contributed by atoms with Gasteiger partial charge >= 0.3 is 6.18 Å². The van der Waals surface area contributed by atoms with Crippen LogP contribution < -0.4 is 20.1 Å². The van der Waals surface area contributed by atoms with Crippen molar-refractivity contribution in [2.75, 3.05) is 23.8 Å². The second kappa shape index (κ2) is 13.0. The molecule has 2 N–H and O–H groups in total. The molecule has 11 heteroatoms. The Labute approximate surface area is 231 Å². The van der Waals surface area contributed by atoms with E-state index in [1.165, 1.54) is 18.2 Å². The Morgan fingerprint density at radius 2 is 1.74 bits per heavy atom. The third-order valence-electron chi connectivity index (χ3n) is 5.14. The van der Waals surface area contributed by atoms with Crippen molar-refractivity contribution in [2.45, 2.75) is 20.0 Å². The van der Waals surface area contributed by atoms with Gasteiger partial charge in [0.25, 0.3) is 11.8 Å². The van der Waals surface area contributed by atoms with Gasteiger partial charge in [0, 0.05) is 11.4 Å². The molecule has 3 aromatic carbocycles. The molecule has 7 nitrogen and oxygen atoms in total. The van der Waals surface area contributed by atoms with E-state index in [1.807, 2.05) is 19.1 Å². The fourth-order valence-corrected chi connectivity index (χ4v) is 3.91. The number of ether oxygens (including phenoxy) is 2. The van der Waals surface area contributed by atoms with Gasteiger partial charge in [-0.15, -0.1) is 0 Å². The summed E-state index contributed by atoms with van der Waals surface area (Å²) in [7, 11) is 0. The number of aryl methyl sites for hydroxylation is 1. The molecular formula is C28H23BrF3N3O4. The fraction of sp³-hybridized carbons (Fsp3) is 0.179. The lowest BCUT2D eigenvalue weighted by molar-refractivity contribution is -0.137. The predicted octanol–water partition coefficient (Wildman–Crippen LogP) is 6.74. The molecule has 0 bridgehead atoms. The predicted molar refractivity (Wildman–Crippen MR) is 144 cm³/mol. The Bertz CT molecular complexity index is 1430. The summed E-state index contributed by atoms with van der Waals surface area (Å²) < 4.78 is 50.6. The number of nitrogens with zero attached hydrogens (tertiary/aromatic N) is 1. The molecule has 3 aromatic rings. The lowest BCUT2D eigenvalue weighted by Gasteiger charge is -2.15. The molecule has 0 heterocycles. The summed E-state index contributed by atoms with van der Waals surface area (Å²) in [6, 6.07) is 16.2. The zero-order valence-electron chi connectivity index (χ0n) is 20.9. The molecule has 202 valence electrons. The lowest BCUT2D eigenvalue weighted by atomic mass is 10.1. The molecule has 0 aliphatic rings. The van der Waals surface area contributed by atoms with E-state index in [2.05, 4.69) is 26.6 Å². The van der Waals surface area contributed by atoms with Crippen molar-refractivity contribution < 1.29 is 32.2 Å². The number of hydrogen-bond donors (Lipinski definition) is 2. The van der Waals surface area contributed by atoms with Crippen molar-refractivity contribution in [3.63, 3.8) is 0 Å². The van der Waals surface area contributed by atoms with Crippen LogP contribution in [0.4, 0.5) is 24.5 Å². The Hall–Kier alpha value is -4.30. The molecule has 0 aliphatic carbocycles. The molecule has 0 spiro atoms. The number of hydrogen-bond acceptors (Lipinski definition) is 5. The van der Waals surface area contributed by atoms with E-state index in [0.717, 1.165) is 23.8 Å². The minimum atomic E-state index is -4.58. The number of carbonyl (C=O) groups excluding carboxylic acids is 2. The number of carbonyl (C=O) groups is 2. The van der Waals surface area contributed by atoms with Crippen LogP contribution in [0.15, 0.2) is 70.7 Å². The van der Waals surface area contributed by atoms with Crippen molar-refractivity contribution in [2.24, 2.45) is 0 Å². The summed E-state index contributed by atoms with van der Waals surface area (Å²) in [5.41, 5.74) is 0.643. The first kappa shape index (κ1) is 29.3. The molecular weight excluding hydrogens is 579 g/mol. The van der Waals surface area contributed by atoms with Gasteiger partial charge in [0.2, 0.25) is 0 Å². The van der Waals surface area contributed by atoms with E-state index < -0.39 is 23.6 Å². The zero-order valence-corrected chi connectivity index (χ0v) is 22.4. The topological polar surface area (TPSA) is 100 Å². The van der Waals surface area contributed by atoms with Gasteiger partial charge in [-0.25, -0.2) is 0 Å². The summed E-state index contributed by atoms with van der Waals surface area (Å²) in [6.45, 7) is 3.62. The minimum absolute atomic E-state index is 0.111. The third kappa shape index (κ3) is 8.35. The van der Waals surface area contributed by atoms with Gasteiger partial charge in [-0.3, -0.25) is 9.59 Å². The molecule has 3 rings (SSSR count). The minimum Gasteiger partial charge on any atom is -0.490 e. The molecule has 0 radical (unpaired) electrons. The van der Waals surface area contributed by atoms with E-state index in [1.54, 1.807) is 31.2 Å². The van der Waals surface area contributed by atoms with Gasteiger partial charge in [0.1, 0.15) is 11.6 Å². The third-order valence-corrected chi connectivity index (χ3v) is 5.73. The van der Waals surface area contributed by atoms with Crippen LogP contribution in [0.25, 0.3) is 6.08 Å². The molecule has 0 aromatic heterocycles. The van der Waals surface area contributed by atoms with Crippen LogP contribution in [0, 0.1) is 18.3 Å². The maximum absolute atomic E-state index is 13.0. The first-order valence-electron chi connectivity index (χ1n) is 11.6. The second-order valence-corrected chi connectivity index (χ2v) is 9.02. The van der Waals surface area contributed by atoms with E-state index in [9.17, 15) is 28.0 Å². The van der Waals surface area contributed by atoms with E-state index in [-0.39, 0.29) is 36.0 Å². The van der Waals surface area contributed by atoms with Crippen LogP contribution in [-0.2, 0) is 15.8 Å². The van der Waals surface area contributed by atoms with E-state index in [0.29, 0.717) is 15.7 Å². The van der Waals surface area contributed by atoms with Crippen LogP contribution in [0.3, 0.4) is 0 Å². The normalized spacial score (nSPS) is 11.4. The zero-order chi connectivity index (χ0) is 28.6. The molecule has 2 amide bonds. The van der Waals surface area contributed by atoms with Crippen molar-refractivity contribution in [3.8, 4) is 17.6 Å². The summed E-state index contributed by atoms with van der Waals surface area (Å²) in [6.07, 6.45) is -3.33. The first-order chi connectivity index (χ1) is 18.5. The molecule has 0 saturated heterocycles. The Balaban J connectivity index is 1.77. The van der Waals surface area contributed by atoms with Gasteiger partial charge < -0.3 is 20.1 Å². The first-order valence-corrected chi connectivity index (χ1v) is 12.4.